The monoisotopic (exact) mass is 402 g/mol. The number of rotatable bonds is 7. The SMILES string of the molecule is C#CCCCCC(C)(C(=O)CBr)c1cccc(Br)c1F. The van der Waals surface area contributed by atoms with Crippen LogP contribution >= 0.6 is 31.9 Å². The molecule has 1 unspecified atom stereocenters. The maximum absolute atomic E-state index is 14.3. The third-order valence-electron chi connectivity index (χ3n) is 3.53. The molecular weight excluding hydrogens is 387 g/mol. The topological polar surface area (TPSA) is 17.1 Å². The summed E-state index contributed by atoms with van der Waals surface area (Å²) in [5.74, 6) is 2.20. The van der Waals surface area contributed by atoms with Gasteiger partial charge in [-0.2, -0.15) is 0 Å². The molecule has 0 saturated heterocycles. The molecule has 1 rings (SSSR count). The van der Waals surface area contributed by atoms with Gasteiger partial charge >= 0.3 is 0 Å². The van der Waals surface area contributed by atoms with E-state index in [0.29, 0.717) is 22.9 Å². The lowest BCUT2D eigenvalue weighted by molar-refractivity contribution is -0.121. The summed E-state index contributed by atoms with van der Waals surface area (Å²) in [5.41, 5.74) is -0.386. The fraction of sp³-hybridized carbons (Fsp3) is 0.438. The molecule has 0 heterocycles. The van der Waals surface area contributed by atoms with Crippen molar-refractivity contribution in [3.63, 3.8) is 0 Å². The molecule has 20 heavy (non-hydrogen) atoms. The van der Waals surface area contributed by atoms with Crippen LogP contribution in [0.5, 0.6) is 0 Å². The van der Waals surface area contributed by atoms with Gasteiger partial charge in [-0.3, -0.25) is 4.79 Å². The van der Waals surface area contributed by atoms with Gasteiger partial charge in [0.25, 0.3) is 0 Å². The summed E-state index contributed by atoms with van der Waals surface area (Å²) in [6.07, 6.45) is 8.14. The van der Waals surface area contributed by atoms with Gasteiger partial charge in [-0.25, -0.2) is 4.39 Å². The second kappa shape index (κ2) is 7.95. The number of terminal acetylenes is 1. The number of Topliss-reactive ketones (excluding diaryl/α,β-unsaturated/α-hetero) is 1. The van der Waals surface area contributed by atoms with E-state index in [9.17, 15) is 9.18 Å². The Morgan fingerprint density at radius 1 is 1.45 bits per heavy atom. The first-order valence-corrected chi connectivity index (χ1v) is 8.36. The van der Waals surface area contributed by atoms with Crippen LogP contribution in [0.2, 0.25) is 0 Å². The zero-order chi connectivity index (χ0) is 15.2. The molecule has 0 aliphatic rings. The van der Waals surface area contributed by atoms with Crippen LogP contribution < -0.4 is 0 Å². The Morgan fingerprint density at radius 2 is 2.15 bits per heavy atom. The van der Waals surface area contributed by atoms with Crippen LogP contribution in [0, 0.1) is 18.2 Å². The molecule has 0 spiro atoms. The van der Waals surface area contributed by atoms with E-state index in [-0.39, 0.29) is 16.9 Å². The van der Waals surface area contributed by atoms with E-state index in [0.717, 1.165) is 12.8 Å². The highest BCUT2D eigenvalue weighted by molar-refractivity contribution is 9.10. The number of benzene rings is 1. The lowest BCUT2D eigenvalue weighted by Gasteiger charge is -2.29. The zero-order valence-electron chi connectivity index (χ0n) is 11.4. The highest BCUT2D eigenvalue weighted by Gasteiger charge is 2.36. The van der Waals surface area contributed by atoms with E-state index in [1.165, 1.54) is 0 Å². The molecule has 0 N–H and O–H groups in total. The average Bonchev–Trinajstić information content (AvgIpc) is 2.45. The second-order valence-electron chi connectivity index (χ2n) is 4.90. The number of halogens is 3. The van der Waals surface area contributed by atoms with Crippen LogP contribution in [-0.4, -0.2) is 11.1 Å². The molecule has 0 aliphatic heterocycles. The standard InChI is InChI=1S/C16H17Br2FO/c1-3-4-5-6-10-16(2,14(20)11-17)12-8-7-9-13(18)15(12)19/h1,7-9H,4-6,10-11H2,2H3. The van der Waals surface area contributed by atoms with Gasteiger partial charge < -0.3 is 0 Å². The maximum Gasteiger partial charge on any atom is 0.153 e. The van der Waals surface area contributed by atoms with Crippen LogP contribution in [0.4, 0.5) is 4.39 Å². The van der Waals surface area contributed by atoms with Crippen molar-refractivity contribution in [2.24, 2.45) is 0 Å². The molecule has 1 aromatic carbocycles. The van der Waals surface area contributed by atoms with E-state index in [4.69, 9.17) is 6.42 Å². The third kappa shape index (κ3) is 3.93. The normalized spacial score (nSPS) is 13.6. The summed E-state index contributed by atoms with van der Waals surface area (Å²) >= 11 is 6.38. The summed E-state index contributed by atoms with van der Waals surface area (Å²) in [5, 5.41) is 0.213. The van der Waals surface area contributed by atoms with Crippen LogP contribution in [0.1, 0.15) is 38.2 Å². The minimum absolute atomic E-state index is 0.0183. The smallest absolute Gasteiger partial charge is 0.153 e. The van der Waals surface area contributed by atoms with Crippen molar-refractivity contribution in [2.75, 3.05) is 5.33 Å². The van der Waals surface area contributed by atoms with Crippen LogP contribution in [0.25, 0.3) is 0 Å². The Morgan fingerprint density at radius 3 is 2.75 bits per heavy atom. The van der Waals surface area contributed by atoms with Crippen molar-refractivity contribution < 1.29 is 9.18 Å². The predicted octanol–water partition coefficient (Wildman–Crippen LogP) is 5.00. The van der Waals surface area contributed by atoms with Gasteiger partial charge in [-0.15, -0.1) is 12.3 Å². The van der Waals surface area contributed by atoms with E-state index in [2.05, 4.69) is 37.8 Å². The first kappa shape index (κ1) is 17.4. The number of hydrogen-bond acceptors (Lipinski definition) is 1. The Labute approximate surface area is 136 Å². The molecule has 1 nitrogen and oxygen atoms in total. The number of unbranched alkanes of at least 4 members (excludes halogenated alkanes) is 2. The van der Waals surface area contributed by atoms with E-state index < -0.39 is 5.41 Å². The number of alkyl halides is 1. The molecule has 0 saturated carbocycles. The van der Waals surface area contributed by atoms with Crippen molar-refractivity contribution in [1.29, 1.82) is 0 Å². The molecule has 4 heteroatoms. The fourth-order valence-corrected chi connectivity index (χ4v) is 3.19. The summed E-state index contributed by atoms with van der Waals surface area (Å²) in [7, 11) is 0. The molecule has 0 amide bonds. The Kier molecular flexibility index (Phi) is 6.91. The largest absolute Gasteiger partial charge is 0.298 e. The summed E-state index contributed by atoms with van der Waals surface area (Å²) in [4.78, 5) is 12.3. The van der Waals surface area contributed by atoms with Crippen molar-refractivity contribution in [3.8, 4) is 12.3 Å². The number of carbonyl (C=O) groups excluding carboxylic acids is 1. The average molecular weight is 404 g/mol. The summed E-state index contributed by atoms with van der Waals surface area (Å²) in [6, 6.07) is 5.07. The molecule has 1 aromatic rings. The number of carbonyl (C=O) groups is 1. The Bertz CT molecular complexity index is 522. The molecule has 0 radical (unpaired) electrons. The minimum atomic E-state index is -0.827. The molecule has 0 aromatic heterocycles. The van der Waals surface area contributed by atoms with Gasteiger partial charge in [-0.1, -0.05) is 34.5 Å². The van der Waals surface area contributed by atoms with E-state index in [1.807, 2.05) is 0 Å². The zero-order valence-corrected chi connectivity index (χ0v) is 14.6. The Hall–Kier alpha value is -0.660. The second-order valence-corrected chi connectivity index (χ2v) is 6.32. The highest BCUT2D eigenvalue weighted by Crippen LogP contribution is 2.35. The van der Waals surface area contributed by atoms with Crippen LogP contribution in [-0.2, 0) is 10.2 Å². The first-order chi connectivity index (χ1) is 9.47. The molecule has 1 atom stereocenters. The Balaban J connectivity index is 3.08. The number of ketones is 1. The van der Waals surface area contributed by atoms with Crippen molar-refractivity contribution in [3.05, 3.63) is 34.1 Å². The van der Waals surface area contributed by atoms with Crippen LogP contribution in [0.3, 0.4) is 0 Å². The van der Waals surface area contributed by atoms with Gasteiger partial charge in [0.1, 0.15) is 5.82 Å². The van der Waals surface area contributed by atoms with Gasteiger partial charge in [-0.05, 0) is 41.8 Å². The number of hydrogen-bond donors (Lipinski definition) is 0. The first-order valence-electron chi connectivity index (χ1n) is 6.44. The van der Waals surface area contributed by atoms with Crippen molar-refractivity contribution in [2.45, 2.75) is 38.0 Å². The molecule has 0 bridgehead atoms. The molecule has 0 fully saturated rings. The van der Waals surface area contributed by atoms with E-state index in [1.54, 1.807) is 25.1 Å². The predicted molar refractivity (Wildman–Crippen MR) is 87.6 cm³/mol. The van der Waals surface area contributed by atoms with Gasteiger partial charge in [0.15, 0.2) is 5.78 Å². The lowest BCUT2D eigenvalue weighted by Crippen LogP contribution is -2.34. The third-order valence-corrected chi connectivity index (χ3v) is 4.65. The van der Waals surface area contributed by atoms with Crippen molar-refractivity contribution >= 4 is 37.6 Å². The maximum atomic E-state index is 14.3. The van der Waals surface area contributed by atoms with Gasteiger partial charge in [0.05, 0.1) is 15.2 Å². The minimum Gasteiger partial charge on any atom is -0.298 e. The molecule has 108 valence electrons. The lowest BCUT2D eigenvalue weighted by atomic mass is 9.75. The summed E-state index contributed by atoms with van der Waals surface area (Å²) < 4.78 is 14.7. The van der Waals surface area contributed by atoms with E-state index >= 15 is 0 Å². The highest BCUT2D eigenvalue weighted by atomic mass is 79.9. The van der Waals surface area contributed by atoms with Gasteiger partial charge in [0, 0.05) is 12.0 Å². The summed E-state index contributed by atoms with van der Waals surface area (Å²) in [6.45, 7) is 1.80. The van der Waals surface area contributed by atoms with Gasteiger partial charge in [0.2, 0.25) is 0 Å². The molecular formula is C16H17Br2FO. The van der Waals surface area contributed by atoms with Crippen molar-refractivity contribution in [1.82, 2.24) is 0 Å². The fourth-order valence-electron chi connectivity index (χ4n) is 2.21. The van der Waals surface area contributed by atoms with Crippen LogP contribution in [0.15, 0.2) is 22.7 Å². The quantitative estimate of drug-likeness (QED) is 0.355. The molecule has 0 aliphatic carbocycles.